The summed E-state index contributed by atoms with van der Waals surface area (Å²) in [5.41, 5.74) is 2.71. The monoisotopic (exact) mass is 320 g/mol. The first-order valence-corrected chi connectivity index (χ1v) is 9.40. The molecule has 2 rings (SSSR count). The summed E-state index contributed by atoms with van der Waals surface area (Å²) in [5.74, 6) is 2.59. The minimum Gasteiger partial charge on any atom is -0.356 e. The van der Waals surface area contributed by atoms with Crippen molar-refractivity contribution in [1.82, 2.24) is 10.2 Å². The minimum absolute atomic E-state index is 0.193. The molecule has 1 aromatic rings. The third kappa shape index (κ3) is 6.01. The fourth-order valence-corrected chi connectivity index (χ4v) is 3.81. The second-order valence-corrected chi connectivity index (χ2v) is 7.39. The van der Waals surface area contributed by atoms with Gasteiger partial charge in [-0.1, -0.05) is 29.8 Å². The van der Waals surface area contributed by atoms with Crippen LogP contribution in [0.15, 0.2) is 24.3 Å². The van der Waals surface area contributed by atoms with Gasteiger partial charge in [0.15, 0.2) is 0 Å². The van der Waals surface area contributed by atoms with E-state index < -0.39 is 0 Å². The number of benzene rings is 1. The van der Waals surface area contributed by atoms with Gasteiger partial charge in [-0.05, 0) is 51.1 Å². The van der Waals surface area contributed by atoms with Gasteiger partial charge in [0.1, 0.15) is 0 Å². The highest BCUT2D eigenvalue weighted by atomic mass is 32.2. The Balaban J connectivity index is 1.54. The molecule has 0 aromatic heterocycles. The highest BCUT2D eigenvalue weighted by molar-refractivity contribution is 7.98. The maximum absolute atomic E-state index is 12.1. The number of aryl methyl sites for hydroxylation is 1. The van der Waals surface area contributed by atoms with Gasteiger partial charge in [-0.3, -0.25) is 4.79 Å². The van der Waals surface area contributed by atoms with E-state index in [1.165, 1.54) is 11.1 Å². The second-order valence-electron chi connectivity index (χ2n) is 6.29. The molecule has 0 aliphatic carbocycles. The topological polar surface area (TPSA) is 32.3 Å². The average molecular weight is 321 g/mol. The van der Waals surface area contributed by atoms with E-state index >= 15 is 0 Å². The summed E-state index contributed by atoms with van der Waals surface area (Å²) < 4.78 is 0. The standard InChI is InChI=1S/C18H28N2OS/c1-15-6-3-7-16(12-15)14-22-11-5-9-19-18(21)17-8-4-10-20(2)13-17/h3,6-7,12,17H,4-5,8-11,13-14H2,1-2H3,(H,19,21). The van der Waals surface area contributed by atoms with Gasteiger partial charge in [-0.25, -0.2) is 0 Å². The van der Waals surface area contributed by atoms with E-state index in [4.69, 9.17) is 0 Å². The predicted octanol–water partition coefficient (Wildman–Crippen LogP) is 3.08. The SMILES string of the molecule is Cc1cccc(CSCCCNC(=O)C2CCCN(C)C2)c1. The Morgan fingerprint density at radius 1 is 1.45 bits per heavy atom. The molecule has 1 N–H and O–H groups in total. The first kappa shape index (κ1) is 17.4. The molecule has 0 radical (unpaired) electrons. The summed E-state index contributed by atoms with van der Waals surface area (Å²) in [6.45, 7) is 4.97. The predicted molar refractivity (Wildman–Crippen MR) is 95.2 cm³/mol. The fraction of sp³-hybridized carbons (Fsp3) is 0.611. The Morgan fingerprint density at radius 3 is 3.09 bits per heavy atom. The van der Waals surface area contributed by atoms with E-state index in [1.54, 1.807) is 0 Å². The van der Waals surface area contributed by atoms with Crippen molar-refractivity contribution in [3.05, 3.63) is 35.4 Å². The van der Waals surface area contributed by atoms with Crippen LogP contribution in [0.4, 0.5) is 0 Å². The molecule has 0 bridgehead atoms. The molecule has 1 atom stereocenters. The molecule has 1 aliphatic rings. The van der Waals surface area contributed by atoms with Crippen molar-refractivity contribution in [3.63, 3.8) is 0 Å². The van der Waals surface area contributed by atoms with E-state index in [0.717, 1.165) is 50.4 Å². The molecule has 0 spiro atoms. The summed E-state index contributed by atoms with van der Waals surface area (Å²) in [5, 5.41) is 3.10. The van der Waals surface area contributed by atoms with Crippen LogP contribution in [0.25, 0.3) is 0 Å². The molecule has 1 fully saturated rings. The Hall–Kier alpha value is -1.00. The molecule has 3 nitrogen and oxygen atoms in total. The number of carbonyl (C=O) groups is 1. The number of nitrogens with one attached hydrogen (secondary N) is 1. The number of thioether (sulfide) groups is 1. The Morgan fingerprint density at radius 2 is 2.32 bits per heavy atom. The van der Waals surface area contributed by atoms with Crippen LogP contribution in [0, 0.1) is 12.8 Å². The molecule has 1 amide bonds. The average Bonchev–Trinajstić information content (AvgIpc) is 2.50. The summed E-state index contributed by atoms with van der Waals surface area (Å²) in [7, 11) is 2.10. The van der Waals surface area contributed by atoms with Crippen LogP contribution < -0.4 is 5.32 Å². The lowest BCUT2D eigenvalue weighted by atomic mass is 9.98. The molecule has 122 valence electrons. The highest BCUT2D eigenvalue weighted by Crippen LogP contribution is 2.16. The zero-order valence-corrected chi connectivity index (χ0v) is 14.6. The molecule has 22 heavy (non-hydrogen) atoms. The summed E-state index contributed by atoms with van der Waals surface area (Å²) in [4.78, 5) is 14.3. The molecule has 1 aliphatic heterocycles. The number of hydrogen-bond acceptors (Lipinski definition) is 3. The van der Waals surface area contributed by atoms with E-state index in [0.29, 0.717) is 0 Å². The van der Waals surface area contributed by atoms with Crippen LogP contribution in [0.1, 0.15) is 30.4 Å². The van der Waals surface area contributed by atoms with Crippen molar-refractivity contribution in [2.24, 2.45) is 5.92 Å². The number of likely N-dealkylation sites (tertiary alicyclic amines) is 1. The molecule has 1 unspecified atom stereocenters. The van der Waals surface area contributed by atoms with Gasteiger partial charge < -0.3 is 10.2 Å². The van der Waals surface area contributed by atoms with Crippen molar-refractivity contribution < 1.29 is 4.79 Å². The molecule has 0 saturated carbocycles. The van der Waals surface area contributed by atoms with Crippen molar-refractivity contribution in [2.45, 2.75) is 31.9 Å². The van der Waals surface area contributed by atoms with E-state index in [-0.39, 0.29) is 11.8 Å². The number of piperidine rings is 1. The molecule has 1 aromatic carbocycles. The lowest BCUT2D eigenvalue weighted by molar-refractivity contribution is -0.126. The number of hydrogen-bond donors (Lipinski definition) is 1. The number of rotatable bonds is 7. The Labute approximate surface area is 138 Å². The van der Waals surface area contributed by atoms with Crippen LogP contribution in [0.2, 0.25) is 0 Å². The Bertz CT molecular complexity index is 478. The normalized spacial score (nSPS) is 19.1. The lowest BCUT2D eigenvalue weighted by Gasteiger charge is -2.28. The van der Waals surface area contributed by atoms with Gasteiger partial charge in [0.2, 0.25) is 5.91 Å². The molecule has 1 saturated heterocycles. The maximum Gasteiger partial charge on any atom is 0.224 e. The first-order chi connectivity index (χ1) is 10.6. The number of carbonyl (C=O) groups excluding carboxylic acids is 1. The van der Waals surface area contributed by atoms with Crippen LogP contribution in [0.5, 0.6) is 0 Å². The zero-order chi connectivity index (χ0) is 15.8. The van der Waals surface area contributed by atoms with Crippen molar-refractivity contribution in [2.75, 3.05) is 32.4 Å². The van der Waals surface area contributed by atoms with Crippen molar-refractivity contribution in [3.8, 4) is 0 Å². The van der Waals surface area contributed by atoms with Crippen molar-refractivity contribution >= 4 is 17.7 Å². The largest absolute Gasteiger partial charge is 0.356 e. The number of amides is 1. The van der Waals surface area contributed by atoms with Crippen molar-refractivity contribution in [1.29, 1.82) is 0 Å². The minimum atomic E-state index is 0.193. The van der Waals surface area contributed by atoms with E-state index in [1.807, 2.05) is 11.8 Å². The maximum atomic E-state index is 12.1. The van der Waals surface area contributed by atoms with Gasteiger partial charge >= 0.3 is 0 Å². The zero-order valence-electron chi connectivity index (χ0n) is 13.8. The van der Waals surface area contributed by atoms with Gasteiger partial charge in [0.25, 0.3) is 0 Å². The molecule has 4 heteroatoms. The third-order valence-corrected chi connectivity index (χ3v) is 5.23. The molecule has 1 heterocycles. The van der Waals surface area contributed by atoms with E-state index in [9.17, 15) is 4.79 Å². The summed E-state index contributed by atoms with van der Waals surface area (Å²) in [6.07, 6.45) is 3.23. The summed E-state index contributed by atoms with van der Waals surface area (Å²) >= 11 is 1.94. The van der Waals surface area contributed by atoms with Gasteiger partial charge in [-0.2, -0.15) is 11.8 Å². The third-order valence-electron chi connectivity index (χ3n) is 4.11. The lowest BCUT2D eigenvalue weighted by Crippen LogP contribution is -2.41. The summed E-state index contributed by atoms with van der Waals surface area (Å²) in [6, 6.07) is 8.68. The smallest absolute Gasteiger partial charge is 0.224 e. The molecular formula is C18H28N2OS. The van der Waals surface area contributed by atoms with Gasteiger partial charge in [0, 0.05) is 18.8 Å². The Kier molecular flexibility index (Phi) is 7.26. The quantitative estimate of drug-likeness (QED) is 0.784. The first-order valence-electron chi connectivity index (χ1n) is 8.24. The van der Waals surface area contributed by atoms with Crippen LogP contribution in [-0.2, 0) is 10.5 Å². The van der Waals surface area contributed by atoms with E-state index in [2.05, 4.69) is 48.5 Å². The molecular weight excluding hydrogens is 292 g/mol. The fourth-order valence-electron chi connectivity index (χ4n) is 2.90. The van der Waals surface area contributed by atoms with Crippen LogP contribution in [0.3, 0.4) is 0 Å². The van der Waals surface area contributed by atoms with Crippen LogP contribution in [-0.4, -0.2) is 43.2 Å². The van der Waals surface area contributed by atoms with Gasteiger partial charge in [-0.15, -0.1) is 0 Å². The second kappa shape index (κ2) is 9.21. The highest BCUT2D eigenvalue weighted by Gasteiger charge is 2.23. The van der Waals surface area contributed by atoms with Gasteiger partial charge in [0.05, 0.1) is 5.92 Å². The number of nitrogens with zero attached hydrogens (tertiary/aromatic N) is 1. The van der Waals surface area contributed by atoms with Crippen LogP contribution >= 0.6 is 11.8 Å².